The summed E-state index contributed by atoms with van der Waals surface area (Å²) in [6.45, 7) is 5.39. The topological polar surface area (TPSA) is 64.3 Å². The summed E-state index contributed by atoms with van der Waals surface area (Å²) in [4.78, 5) is 12.5. The number of benzene rings is 1. The van der Waals surface area contributed by atoms with Crippen LogP contribution in [0.5, 0.6) is 0 Å². The number of aryl methyl sites for hydroxylation is 1. The Hall–Kier alpha value is -1.55. The Kier molecular flexibility index (Phi) is 5.83. The maximum Gasteiger partial charge on any atom is 0.251 e. The van der Waals surface area contributed by atoms with E-state index in [1.54, 1.807) is 6.07 Å². The maximum atomic E-state index is 12.5. The van der Waals surface area contributed by atoms with Gasteiger partial charge in [0.25, 0.3) is 5.91 Å². The van der Waals surface area contributed by atoms with E-state index in [0.717, 1.165) is 31.4 Å². The van der Waals surface area contributed by atoms with E-state index >= 15 is 0 Å². The molecule has 0 radical (unpaired) electrons. The molecule has 0 saturated heterocycles. The van der Waals surface area contributed by atoms with Gasteiger partial charge in [-0.2, -0.15) is 0 Å². The molecule has 0 aliphatic heterocycles. The minimum absolute atomic E-state index is 0.0603. The average Bonchev–Trinajstić information content (AvgIpc) is 2.54. The van der Waals surface area contributed by atoms with Crippen molar-refractivity contribution in [1.29, 1.82) is 0 Å². The van der Waals surface area contributed by atoms with E-state index in [-0.39, 0.29) is 11.5 Å². The lowest BCUT2D eigenvalue weighted by atomic mass is 9.84. The summed E-state index contributed by atoms with van der Waals surface area (Å²) in [5.74, 6) is -0.0603. The molecule has 1 saturated carbocycles. The van der Waals surface area contributed by atoms with Crippen LogP contribution in [0.15, 0.2) is 18.2 Å². The second-order valence-corrected chi connectivity index (χ2v) is 6.35. The Balaban J connectivity index is 2.02. The third-order valence-corrected chi connectivity index (χ3v) is 4.45. The molecule has 0 aromatic heterocycles. The second-order valence-electron chi connectivity index (χ2n) is 6.35. The van der Waals surface area contributed by atoms with E-state index in [9.17, 15) is 4.79 Å². The Labute approximate surface area is 133 Å². The molecule has 0 atom stereocenters. The lowest BCUT2D eigenvalue weighted by Gasteiger charge is -2.37. The summed E-state index contributed by atoms with van der Waals surface area (Å²) >= 11 is 0. The first-order valence-electron chi connectivity index (χ1n) is 8.34. The first-order chi connectivity index (χ1) is 10.6. The highest BCUT2D eigenvalue weighted by Crippen LogP contribution is 2.31. The Morgan fingerprint density at radius 2 is 2.05 bits per heavy atom. The third kappa shape index (κ3) is 4.23. The maximum absolute atomic E-state index is 12.5. The molecule has 0 heterocycles. The number of nitrogen functional groups attached to an aromatic ring is 1. The third-order valence-electron chi connectivity index (χ3n) is 4.45. The predicted molar refractivity (Wildman–Crippen MR) is 90.0 cm³/mol. The quantitative estimate of drug-likeness (QED) is 0.791. The average molecular weight is 304 g/mol. The number of ether oxygens (including phenoxy) is 1. The number of carbonyl (C=O) groups excluding carboxylic acids is 1. The van der Waals surface area contributed by atoms with Gasteiger partial charge < -0.3 is 15.8 Å². The minimum Gasteiger partial charge on any atom is -0.399 e. The van der Waals surface area contributed by atoms with Crippen molar-refractivity contribution in [3.8, 4) is 0 Å². The Morgan fingerprint density at radius 3 is 2.73 bits per heavy atom. The highest BCUT2D eigenvalue weighted by Gasteiger charge is 2.33. The first-order valence-corrected chi connectivity index (χ1v) is 8.34. The summed E-state index contributed by atoms with van der Waals surface area (Å²) in [6.07, 6.45) is 6.68. The smallest absolute Gasteiger partial charge is 0.251 e. The van der Waals surface area contributed by atoms with Crippen LogP contribution in [-0.2, 0) is 4.74 Å². The van der Waals surface area contributed by atoms with Crippen molar-refractivity contribution in [3.63, 3.8) is 0 Å². The van der Waals surface area contributed by atoms with Crippen LogP contribution in [0.25, 0.3) is 0 Å². The molecular weight excluding hydrogens is 276 g/mol. The fourth-order valence-electron chi connectivity index (χ4n) is 3.11. The van der Waals surface area contributed by atoms with Gasteiger partial charge in [-0.1, -0.05) is 32.3 Å². The van der Waals surface area contributed by atoms with Crippen LogP contribution in [0.2, 0.25) is 0 Å². The number of hydrogen-bond acceptors (Lipinski definition) is 3. The van der Waals surface area contributed by atoms with Crippen LogP contribution in [0.4, 0.5) is 5.69 Å². The molecule has 0 spiro atoms. The molecular formula is C18H28N2O2. The van der Waals surface area contributed by atoms with E-state index in [1.165, 1.54) is 19.3 Å². The van der Waals surface area contributed by atoms with Gasteiger partial charge >= 0.3 is 0 Å². The first kappa shape index (κ1) is 16.8. The van der Waals surface area contributed by atoms with E-state index in [4.69, 9.17) is 10.5 Å². The summed E-state index contributed by atoms with van der Waals surface area (Å²) in [7, 11) is 0. The van der Waals surface area contributed by atoms with Crippen molar-refractivity contribution >= 4 is 11.6 Å². The highest BCUT2D eigenvalue weighted by molar-refractivity contribution is 5.96. The summed E-state index contributed by atoms with van der Waals surface area (Å²) in [5.41, 5.74) is 7.82. The van der Waals surface area contributed by atoms with Crippen molar-refractivity contribution in [2.24, 2.45) is 0 Å². The van der Waals surface area contributed by atoms with Gasteiger partial charge in [0, 0.05) is 24.4 Å². The van der Waals surface area contributed by atoms with E-state index in [0.29, 0.717) is 17.8 Å². The molecule has 1 aliphatic rings. The Bertz CT molecular complexity index is 508. The van der Waals surface area contributed by atoms with Gasteiger partial charge in [-0.15, -0.1) is 0 Å². The monoisotopic (exact) mass is 304 g/mol. The van der Waals surface area contributed by atoms with Crippen molar-refractivity contribution < 1.29 is 9.53 Å². The van der Waals surface area contributed by atoms with Crippen LogP contribution in [0.1, 0.15) is 61.4 Å². The van der Waals surface area contributed by atoms with Crippen molar-refractivity contribution in [3.05, 3.63) is 29.3 Å². The summed E-state index contributed by atoms with van der Waals surface area (Å²) in [6, 6.07) is 5.44. The molecule has 1 aromatic rings. The van der Waals surface area contributed by atoms with Crippen molar-refractivity contribution in [1.82, 2.24) is 5.32 Å². The molecule has 1 amide bonds. The zero-order valence-electron chi connectivity index (χ0n) is 13.8. The SMILES string of the molecule is CCCOC1(CNC(=O)c2cc(N)ccc2C)CCCCC1. The molecule has 3 N–H and O–H groups in total. The predicted octanol–water partition coefficient (Wildman–Crippen LogP) is 3.44. The number of nitrogens with two attached hydrogens (primary N) is 1. The van der Waals surface area contributed by atoms with E-state index < -0.39 is 0 Å². The molecule has 1 aromatic carbocycles. The summed E-state index contributed by atoms with van der Waals surface area (Å²) in [5, 5.41) is 3.07. The van der Waals surface area contributed by atoms with Crippen LogP contribution >= 0.6 is 0 Å². The molecule has 2 rings (SSSR count). The molecule has 4 nitrogen and oxygen atoms in total. The molecule has 0 unspecified atom stereocenters. The summed E-state index contributed by atoms with van der Waals surface area (Å²) < 4.78 is 6.12. The molecule has 122 valence electrons. The second kappa shape index (κ2) is 7.63. The molecule has 1 aliphatic carbocycles. The lowest BCUT2D eigenvalue weighted by molar-refractivity contribution is -0.0669. The van der Waals surface area contributed by atoms with Gasteiger partial charge in [-0.25, -0.2) is 0 Å². The Morgan fingerprint density at radius 1 is 1.32 bits per heavy atom. The lowest BCUT2D eigenvalue weighted by Crippen LogP contribution is -2.46. The molecule has 22 heavy (non-hydrogen) atoms. The van der Waals surface area contributed by atoms with E-state index in [2.05, 4.69) is 12.2 Å². The molecule has 4 heteroatoms. The van der Waals surface area contributed by atoms with Gasteiger partial charge in [0.05, 0.1) is 5.60 Å². The standard InChI is InChI=1S/C18H28N2O2/c1-3-11-22-18(9-5-4-6-10-18)13-20-17(21)16-12-15(19)8-7-14(16)2/h7-8,12H,3-6,9-11,13,19H2,1-2H3,(H,20,21). The van der Waals surface area contributed by atoms with Crippen LogP contribution in [0, 0.1) is 6.92 Å². The van der Waals surface area contributed by atoms with E-state index in [1.807, 2.05) is 19.1 Å². The fourth-order valence-corrected chi connectivity index (χ4v) is 3.11. The number of rotatable bonds is 6. The highest BCUT2D eigenvalue weighted by atomic mass is 16.5. The van der Waals surface area contributed by atoms with Crippen LogP contribution < -0.4 is 11.1 Å². The normalized spacial score (nSPS) is 17.2. The fraction of sp³-hybridized carbons (Fsp3) is 0.611. The van der Waals surface area contributed by atoms with Gasteiger partial charge in [0.1, 0.15) is 0 Å². The van der Waals surface area contributed by atoms with Gasteiger partial charge in [0.2, 0.25) is 0 Å². The number of amides is 1. The van der Waals surface area contributed by atoms with Crippen LogP contribution in [0.3, 0.4) is 0 Å². The largest absolute Gasteiger partial charge is 0.399 e. The van der Waals surface area contributed by atoms with Crippen molar-refractivity contribution in [2.75, 3.05) is 18.9 Å². The zero-order valence-corrected chi connectivity index (χ0v) is 13.8. The zero-order chi connectivity index (χ0) is 16.0. The minimum atomic E-state index is -0.182. The van der Waals surface area contributed by atoms with Crippen LogP contribution in [-0.4, -0.2) is 24.7 Å². The van der Waals surface area contributed by atoms with Gasteiger partial charge in [0.15, 0.2) is 0 Å². The van der Waals surface area contributed by atoms with Gasteiger partial charge in [-0.3, -0.25) is 4.79 Å². The molecule has 0 bridgehead atoms. The number of carbonyl (C=O) groups is 1. The number of hydrogen-bond donors (Lipinski definition) is 2. The van der Waals surface area contributed by atoms with Crippen molar-refractivity contribution in [2.45, 2.75) is 58.0 Å². The molecule has 1 fully saturated rings. The van der Waals surface area contributed by atoms with Gasteiger partial charge in [-0.05, 0) is 43.9 Å². The number of nitrogens with one attached hydrogen (secondary N) is 1. The number of anilines is 1.